The summed E-state index contributed by atoms with van der Waals surface area (Å²) in [5, 5.41) is 16.2. The van der Waals surface area contributed by atoms with Gasteiger partial charge in [0.25, 0.3) is 11.7 Å². The van der Waals surface area contributed by atoms with E-state index < -0.39 is 17.2 Å². The van der Waals surface area contributed by atoms with Gasteiger partial charge in [-0.1, -0.05) is 19.3 Å². The van der Waals surface area contributed by atoms with Gasteiger partial charge >= 0.3 is 0 Å². The molecule has 0 aromatic carbocycles. The third-order valence-corrected chi connectivity index (χ3v) is 4.22. The molecule has 2 rings (SSSR count). The number of aryl methyl sites for hydroxylation is 2. The predicted octanol–water partition coefficient (Wildman–Crippen LogP) is 1.56. The Balaban J connectivity index is 2.20. The number of carbonyl (C=O) groups excluding carboxylic acids is 2. The van der Waals surface area contributed by atoms with Gasteiger partial charge in [-0.25, -0.2) is 0 Å². The molecule has 1 aromatic rings. The van der Waals surface area contributed by atoms with E-state index in [1.54, 1.807) is 25.6 Å². The summed E-state index contributed by atoms with van der Waals surface area (Å²) in [6.45, 7) is 3.45. The predicted molar refractivity (Wildman–Crippen MR) is 76.6 cm³/mol. The molecular formula is C15H20N4O2. The van der Waals surface area contributed by atoms with E-state index in [1.807, 2.05) is 0 Å². The van der Waals surface area contributed by atoms with Crippen LogP contribution in [0.5, 0.6) is 0 Å². The van der Waals surface area contributed by atoms with E-state index in [0.29, 0.717) is 29.8 Å². The smallest absolute Gasteiger partial charge is 0.293 e. The van der Waals surface area contributed by atoms with Gasteiger partial charge in [0.15, 0.2) is 0 Å². The molecule has 0 bridgehead atoms. The highest BCUT2D eigenvalue weighted by molar-refractivity contribution is 6.43. The van der Waals surface area contributed by atoms with Gasteiger partial charge in [0.2, 0.25) is 0 Å². The minimum atomic E-state index is -0.894. The number of rotatable bonds is 3. The first kappa shape index (κ1) is 15.2. The molecule has 1 aliphatic carbocycles. The molecule has 6 nitrogen and oxygen atoms in total. The van der Waals surface area contributed by atoms with Crippen molar-refractivity contribution in [3.8, 4) is 6.07 Å². The molecule has 1 N–H and O–H groups in total. The molecule has 1 aromatic heterocycles. The number of amides is 1. The van der Waals surface area contributed by atoms with Crippen molar-refractivity contribution in [1.29, 1.82) is 5.26 Å². The van der Waals surface area contributed by atoms with Gasteiger partial charge in [-0.3, -0.25) is 14.3 Å². The summed E-state index contributed by atoms with van der Waals surface area (Å²) in [5.41, 5.74) is 0.626. The topological polar surface area (TPSA) is 87.8 Å². The summed E-state index contributed by atoms with van der Waals surface area (Å²) in [5.74, 6) is -1.32. The molecule has 0 atom stereocenters. The monoisotopic (exact) mass is 288 g/mol. The Kier molecular flexibility index (Phi) is 4.12. The van der Waals surface area contributed by atoms with E-state index in [2.05, 4.69) is 16.5 Å². The number of nitriles is 1. The molecule has 0 spiro atoms. The van der Waals surface area contributed by atoms with E-state index in [-0.39, 0.29) is 0 Å². The van der Waals surface area contributed by atoms with Crippen LogP contribution in [0, 0.1) is 25.2 Å². The number of nitrogens with zero attached hydrogens (tertiary/aromatic N) is 3. The number of nitrogens with one attached hydrogen (secondary N) is 1. The van der Waals surface area contributed by atoms with Gasteiger partial charge in [0.05, 0.1) is 17.3 Å². The second kappa shape index (κ2) is 5.68. The molecule has 1 saturated carbocycles. The minimum Gasteiger partial charge on any atom is -0.331 e. The highest BCUT2D eigenvalue weighted by Crippen LogP contribution is 2.27. The molecule has 6 heteroatoms. The highest BCUT2D eigenvalue weighted by Gasteiger charge is 2.36. The molecule has 0 unspecified atom stereocenters. The van der Waals surface area contributed by atoms with Crippen LogP contribution in [0.1, 0.15) is 53.8 Å². The van der Waals surface area contributed by atoms with Crippen molar-refractivity contribution in [2.45, 2.75) is 51.5 Å². The number of hydrogen-bond donors (Lipinski definition) is 1. The summed E-state index contributed by atoms with van der Waals surface area (Å²) in [7, 11) is 1.73. The van der Waals surface area contributed by atoms with E-state index in [4.69, 9.17) is 0 Å². The van der Waals surface area contributed by atoms with Crippen molar-refractivity contribution in [1.82, 2.24) is 15.1 Å². The third kappa shape index (κ3) is 2.82. The van der Waals surface area contributed by atoms with Gasteiger partial charge in [-0.2, -0.15) is 10.4 Å². The molecule has 0 saturated heterocycles. The molecule has 112 valence electrons. The van der Waals surface area contributed by atoms with Gasteiger partial charge in [0.1, 0.15) is 5.54 Å². The standard InChI is InChI=1S/C15H20N4O2/c1-10-12(11(2)19(3)18-10)13(20)14(21)17-15(9-16)7-5-4-6-8-15/h4-8H2,1-3H3,(H,17,21). The summed E-state index contributed by atoms with van der Waals surface area (Å²) in [6.07, 6.45) is 4.06. The van der Waals surface area contributed by atoms with Crippen LogP contribution in [-0.2, 0) is 11.8 Å². The molecule has 1 amide bonds. The van der Waals surface area contributed by atoms with Crippen LogP contribution in [0.25, 0.3) is 0 Å². The van der Waals surface area contributed by atoms with Crippen LogP contribution in [0.3, 0.4) is 0 Å². The zero-order valence-electron chi connectivity index (χ0n) is 12.7. The number of carbonyl (C=O) groups is 2. The van der Waals surface area contributed by atoms with Crippen molar-refractivity contribution in [2.75, 3.05) is 0 Å². The van der Waals surface area contributed by atoms with E-state index >= 15 is 0 Å². The van der Waals surface area contributed by atoms with Crippen molar-refractivity contribution in [3.05, 3.63) is 17.0 Å². The number of aromatic nitrogens is 2. The molecule has 1 fully saturated rings. The number of Topliss-reactive ketones (excluding diaryl/α,β-unsaturated/α-hetero) is 1. The van der Waals surface area contributed by atoms with Gasteiger partial charge < -0.3 is 5.32 Å². The van der Waals surface area contributed by atoms with Crippen LogP contribution in [0.4, 0.5) is 0 Å². The zero-order chi connectivity index (χ0) is 15.6. The second-order valence-corrected chi connectivity index (χ2v) is 5.71. The summed E-state index contributed by atoms with van der Waals surface area (Å²) < 4.78 is 1.58. The SMILES string of the molecule is Cc1nn(C)c(C)c1C(=O)C(=O)NC1(C#N)CCCCC1. The minimum absolute atomic E-state index is 0.332. The first-order valence-corrected chi connectivity index (χ1v) is 7.18. The average molecular weight is 288 g/mol. The van der Waals surface area contributed by atoms with Crippen LogP contribution in [0.15, 0.2) is 0 Å². The van der Waals surface area contributed by atoms with Gasteiger partial charge in [-0.15, -0.1) is 0 Å². The zero-order valence-corrected chi connectivity index (χ0v) is 12.7. The Hall–Kier alpha value is -2.16. The van der Waals surface area contributed by atoms with Gasteiger partial charge in [-0.05, 0) is 26.7 Å². The van der Waals surface area contributed by atoms with E-state index in [1.165, 1.54) is 0 Å². The number of hydrogen-bond acceptors (Lipinski definition) is 4. The maximum atomic E-state index is 12.4. The molecule has 0 radical (unpaired) electrons. The first-order valence-electron chi connectivity index (χ1n) is 7.18. The summed E-state index contributed by atoms with van der Waals surface area (Å²) in [4.78, 5) is 24.6. The van der Waals surface area contributed by atoms with Crippen LogP contribution in [0.2, 0.25) is 0 Å². The Labute approximate surface area is 124 Å². The normalized spacial score (nSPS) is 17.0. The maximum absolute atomic E-state index is 12.4. The molecule has 21 heavy (non-hydrogen) atoms. The fourth-order valence-electron chi connectivity index (χ4n) is 2.91. The third-order valence-electron chi connectivity index (χ3n) is 4.22. The fourth-order valence-corrected chi connectivity index (χ4v) is 2.91. The van der Waals surface area contributed by atoms with Crippen molar-refractivity contribution < 1.29 is 9.59 Å². The lowest BCUT2D eigenvalue weighted by atomic mass is 9.82. The molecule has 1 aliphatic rings. The molecular weight excluding hydrogens is 268 g/mol. The number of ketones is 1. The van der Waals surface area contributed by atoms with Gasteiger partial charge in [0, 0.05) is 12.7 Å². The summed E-state index contributed by atoms with van der Waals surface area (Å²) in [6, 6.07) is 2.18. The van der Waals surface area contributed by atoms with Crippen molar-refractivity contribution in [3.63, 3.8) is 0 Å². The Morgan fingerprint density at radius 3 is 2.38 bits per heavy atom. The Morgan fingerprint density at radius 2 is 1.90 bits per heavy atom. The molecule has 1 heterocycles. The first-order chi connectivity index (χ1) is 9.90. The lowest BCUT2D eigenvalue weighted by Crippen LogP contribution is -2.51. The van der Waals surface area contributed by atoms with Crippen LogP contribution < -0.4 is 5.32 Å². The highest BCUT2D eigenvalue weighted by atomic mass is 16.2. The summed E-state index contributed by atoms with van der Waals surface area (Å²) >= 11 is 0. The average Bonchev–Trinajstić information content (AvgIpc) is 2.72. The second-order valence-electron chi connectivity index (χ2n) is 5.71. The Bertz CT molecular complexity index is 618. The van der Waals surface area contributed by atoms with Crippen LogP contribution >= 0.6 is 0 Å². The Morgan fingerprint density at radius 1 is 1.29 bits per heavy atom. The lowest BCUT2D eigenvalue weighted by molar-refractivity contribution is -0.118. The van der Waals surface area contributed by atoms with Crippen molar-refractivity contribution >= 4 is 11.7 Å². The maximum Gasteiger partial charge on any atom is 0.293 e. The molecule has 0 aliphatic heterocycles. The quantitative estimate of drug-likeness (QED) is 0.675. The van der Waals surface area contributed by atoms with E-state index in [0.717, 1.165) is 19.3 Å². The largest absolute Gasteiger partial charge is 0.331 e. The van der Waals surface area contributed by atoms with Crippen LogP contribution in [-0.4, -0.2) is 27.0 Å². The van der Waals surface area contributed by atoms with Crippen molar-refractivity contribution in [2.24, 2.45) is 7.05 Å². The lowest BCUT2D eigenvalue weighted by Gasteiger charge is -2.31. The van der Waals surface area contributed by atoms with E-state index in [9.17, 15) is 14.9 Å². The fraction of sp³-hybridized carbons (Fsp3) is 0.600.